The van der Waals surface area contributed by atoms with E-state index in [-0.39, 0.29) is 4.90 Å². The number of hydrogen-bond donors (Lipinski definition) is 1. The Bertz CT molecular complexity index is 771. The Morgan fingerprint density at radius 2 is 2.09 bits per heavy atom. The average molecular weight is 339 g/mol. The van der Waals surface area contributed by atoms with Gasteiger partial charge in [-0.15, -0.1) is 0 Å². The van der Waals surface area contributed by atoms with Gasteiger partial charge >= 0.3 is 0 Å². The highest BCUT2D eigenvalue weighted by Crippen LogP contribution is 2.30. The molecule has 0 aliphatic rings. The molecular weight excluding hydrogens is 318 g/mol. The maximum absolute atomic E-state index is 12.3. The minimum absolute atomic E-state index is 0.129. The number of ether oxygens (including phenoxy) is 2. The smallest absolute Gasteiger partial charge is 0.244 e. The number of sulfonamides is 1. The van der Waals surface area contributed by atoms with Crippen LogP contribution in [-0.2, 0) is 17.1 Å². The van der Waals surface area contributed by atoms with Gasteiger partial charge in [0.2, 0.25) is 10.0 Å². The maximum Gasteiger partial charge on any atom is 0.244 e. The molecule has 0 spiro atoms. The number of nitrogens with one attached hydrogen (secondary N) is 1. The zero-order valence-corrected chi connectivity index (χ0v) is 14.4. The van der Waals surface area contributed by atoms with E-state index < -0.39 is 16.1 Å². The molecule has 0 bridgehead atoms. The lowest BCUT2D eigenvalue weighted by atomic mass is 10.1. The van der Waals surface area contributed by atoms with Gasteiger partial charge in [-0.1, -0.05) is 6.07 Å². The quantitative estimate of drug-likeness (QED) is 0.833. The van der Waals surface area contributed by atoms with Gasteiger partial charge in [0.05, 0.1) is 19.9 Å². The molecule has 1 unspecified atom stereocenters. The van der Waals surface area contributed by atoms with Crippen LogP contribution < -0.4 is 14.2 Å². The highest BCUT2D eigenvalue weighted by atomic mass is 32.2. The number of methoxy groups -OCH3 is 1. The van der Waals surface area contributed by atoms with Crippen molar-refractivity contribution < 1.29 is 17.9 Å². The summed E-state index contributed by atoms with van der Waals surface area (Å²) in [4.78, 5) is 0.129. The minimum Gasteiger partial charge on any atom is -0.493 e. The molecule has 1 aromatic heterocycles. The molecule has 0 fully saturated rings. The van der Waals surface area contributed by atoms with Crippen LogP contribution in [0.3, 0.4) is 0 Å². The summed E-state index contributed by atoms with van der Waals surface area (Å²) >= 11 is 0. The first-order chi connectivity index (χ1) is 10.9. The van der Waals surface area contributed by atoms with E-state index in [9.17, 15) is 8.42 Å². The van der Waals surface area contributed by atoms with Crippen molar-refractivity contribution in [2.24, 2.45) is 7.05 Å². The lowest BCUT2D eigenvalue weighted by molar-refractivity contribution is 0.310. The Kier molecular flexibility index (Phi) is 5.27. The van der Waals surface area contributed by atoms with Gasteiger partial charge in [0.1, 0.15) is 4.90 Å². The van der Waals surface area contributed by atoms with Crippen LogP contribution >= 0.6 is 0 Å². The molecule has 0 saturated carbocycles. The molecule has 0 amide bonds. The van der Waals surface area contributed by atoms with E-state index in [0.717, 1.165) is 5.56 Å². The minimum atomic E-state index is -3.63. The van der Waals surface area contributed by atoms with Crippen LogP contribution in [0, 0.1) is 0 Å². The summed E-state index contributed by atoms with van der Waals surface area (Å²) in [6.07, 6.45) is 2.77. The van der Waals surface area contributed by atoms with Crippen molar-refractivity contribution >= 4 is 10.0 Å². The molecule has 1 N–H and O–H groups in total. The fraction of sp³-hybridized carbons (Fsp3) is 0.400. The number of rotatable bonds is 7. The second-order valence-electron chi connectivity index (χ2n) is 5.04. The van der Waals surface area contributed by atoms with Crippen LogP contribution in [0.15, 0.2) is 35.5 Å². The van der Waals surface area contributed by atoms with Crippen molar-refractivity contribution in [3.05, 3.63) is 36.2 Å². The van der Waals surface area contributed by atoms with Crippen LogP contribution in [0.25, 0.3) is 0 Å². The topological polar surface area (TPSA) is 82.5 Å². The summed E-state index contributed by atoms with van der Waals surface area (Å²) in [6.45, 7) is 4.18. The monoisotopic (exact) mass is 339 g/mol. The Hall–Kier alpha value is -2.06. The summed E-state index contributed by atoms with van der Waals surface area (Å²) < 4.78 is 39.5. The van der Waals surface area contributed by atoms with Crippen molar-refractivity contribution in [2.45, 2.75) is 24.8 Å². The number of aryl methyl sites for hydroxylation is 1. The number of aromatic nitrogens is 2. The van der Waals surface area contributed by atoms with Crippen molar-refractivity contribution in [3.8, 4) is 11.5 Å². The third-order valence-corrected chi connectivity index (χ3v) is 4.81. The SMILES string of the molecule is CCOc1ccc(C(C)NS(=O)(=O)c2cnn(C)c2)cc1OC. The first-order valence-corrected chi connectivity index (χ1v) is 8.67. The molecule has 23 heavy (non-hydrogen) atoms. The summed E-state index contributed by atoms with van der Waals surface area (Å²) in [5, 5.41) is 3.88. The number of benzene rings is 1. The molecule has 7 nitrogen and oxygen atoms in total. The van der Waals surface area contributed by atoms with Crippen molar-refractivity contribution in [3.63, 3.8) is 0 Å². The molecule has 126 valence electrons. The summed E-state index contributed by atoms with van der Waals surface area (Å²) in [7, 11) is -0.418. The van der Waals surface area contributed by atoms with Crippen molar-refractivity contribution in [1.82, 2.24) is 14.5 Å². The zero-order valence-electron chi connectivity index (χ0n) is 13.6. The maximum atomic E-state index is 12.3. The third-order valence-electron chi connectivity index (χ3n) is 3.31. The molecule has 0 saturated heterocycles. The molecule has 2 aromatic rings. The van der Waals surface area contributed by atoms with E-state index >= 15 is 0 Å². The molecule has 0 aliphatic heterocycles. The van der Waals surface area contributed by atoms with E-state index in [1.54, 1.807) is 33.2 Å². The molecule has 1 atom stereocenters. The molecule has 1 aromatic carbocycles. The van der Waals surface area contributed by atoms with Gasteiger partial charge in [-0.2, -0.15) is 5.10 Å². The van der Waals surface area contributed by atoms with Gasteiger partial charge in [-0.25, -0.2) is 13.1 Å². The Balaban J connectivity index is 2.22. The van der Waals surface area contributed by atoms with Crippen LogP contribution in [0.1, 0.15) is 25.5 Å². The van der Waals surface area contributed by atoms with Gasteiger partial charge in [0.15, 0.2) is 11.5 Å². The normalized spacial score (nSPS) is 12.9. The number of hydrogen-bond acceptors (Lipinski definition) is 5. The van der Waals surface area contributed by atoms with Crippen molar-refractivity contribution in [1.29, 1.82) is 0 Å². The highest BCUT2D eigenvalue weighted by molar-refractivity contribution is 7.89. The summed E-state index contributed by atoms with van der Waals surface area (Å²) in [5.74, 6) is 1.19. The van der Waals surface area contributed by atoms with E-state index in [1.807, 2.05) is 13.0 Å². The van der Waals surface area contributed by atoms with Gasteiger partial charge < -0.3 is 9.47 Å². The first-order valence-electron chi connectivity index (χ1n) is 7.19. The van der Waals surface area contributed by atoms with E-state index in [2.05, 4.69) is 9.82 Å². The molecule has 0 radical (unpaired) electrons. The van der Waals surface area contributed by atoms with E-state index in [1.165, 1.54) is 17.1 Å². The number of nitrogens with zero attached hydrogens (tertiary/aromatic N) is 2. The largest absolute Gasteiger partial charge is 0.493 e. The van der Waals surface area contributed by atoms with Crippen LogP contribution in [-0.4, -0.2) is 31.9 Å². The average Bonchev–Trinajstić information content (AvgIpc) is 2.95. The molecule has 1 heterocycles. The zero-order chi connectivity index (χ0) is 17.0. The highest BCUT2D eigenvalue weighted by Gasteiger charge is 2.20. The fourth-order valence-electron chi connectivity index (χ4n) is 2.13. The fourth-order valence-corrected chi connectivity index (χ4v) is 3.35. The van der Waals surface area contributed by atoms with Gasteiger partial charge in [-0.05, 0) is 31.5 Å². The lowest BCUT2D eigenvalue weighted by Gasteiger charge is -2.16. The first kappa shape index (κ1) is 17.3. The van der Waals surface area contributed by atoms with Crippen LogP contribution in [0.2, 0.25) is 0 Å². The summed E-state index contributed by atoms with van der Waals surface area (Å²) in [6, 6.07) is 4.92. The Labute approximate surface area is 136 Å². The van der Waals surface area contributed by atoms with Crippen LogP contribution in [0.5, 0.6) is 11.5 Å². The van der Waals surface area contributed by atoms with Gasteiger partial charge in [0, 0.05) is 19.3 Å². The Morgan fingerprint density at radius 3 is 2.65 bits per heavy atom. The molecular formula is C15H21N3O4S. The van der Waals surface area contributed by atoms with Gasteiger partial charge in [-0.3, -0.25) is 4.68 Å². The predicted molar refractivity (Wildman–Crippen MR) is 86.1 cm³/mol. The summed E-state index contributed by atoms with van der Waals surface area (Å²) in [5.41, 5.74) is 0.776. The lowest BCUT2D eigenvalue weighted by Crippen LogP contribution is -2.26. The molecule has 8 heteroatoms. The van der Waals surface area contributed by atoms with E-state index in [0.29, 0.717) is 18.1 Å². The van der Waals surface area contributed by atoms with Crippen molar-refractivity contribution in [2.75, 3.05) is 13.7 Å². The van der Waals surface area contributed by atoms with Crippen LogP contribution in [0.4, 0.5) is 0 Å². The Morgan fingerprint density at radius 1 is 1.35 bits per heavy atom. The molecule has 0 aliphatic carbocycles. The van der Waals surface area contributed by atoms with E-state index in [4.69, 9.17) is 9.47 Å². The second kappa shape index (κ2) is 7.01. The molecule has 2 rings (SSSR count). The van der Waals surface area contributed by atoms with Gasteiger partial charge in [0.25, 0.3) is 0 Å². The second-order valence-corrected chi connectivity index (χ2v) is 6.75. The standard InChI is InChI=1S/C15H21N3O4S/c1-5-22-14-7-6-12(8-15(14)21-4)11(2)17-23(19,20)13-9-16-18(3)10-13/h6-11,17H,5H2,1-4H3. The predicted octanol–water partition coefficient (Wildman–Crippen LogP) is 1.87. The third kappa shape index (κ3) is 4.02.